The Morgan fingerprint density at radius 2 is 0.658 bits per heavy atom. The van der Waals surface area contributed by atoms with Crippen LogP contribution in [0, 0.1) is 0 Å². The predicted octanol–water partition coefficient (Wildman–Crippen LogP) is 21.1. The molecule has 11 aromatic carbocycles. The molecule has 0 spiro atoms. The highest BCUT2D eigenvalue weighted by Crippen LogP contribution is 2.51. The topological polar surface area (TPSA) is 59.0 Å². The fourth-order valence-electron chi connectivity index (χ4n) is 12.0. The lowest BCUT2D eigenvalue weighted by Gasteiger charge is -2.32. The van der Waals surface area contributed by atoms with Crippen molar-refractivity contribution in [1.82, 2.24) is 0 Å². The average Bonchev–Trinajstić information content (AvgIpc) is 4.25. The van der Waals surface area contributed by atoms with Crippen molar-refractivity contribution in [2.24, 2.45) is 0 Å². The Labute approximate surface area is 438 Å². The van der Waals surface area contributed by atoms with E-state index in [0.717, 1.165) is 143 Å². The van der Waals surface area contributed by atoms with E-state index in [9.17, 15) is 0 Å². The monoisotopic (exact) mass is 984 g/mol. The van der Waals surface area contributed by atoms with Gasteiger partial charge in [-0.2, -0.15) is 0 Å². The molecule has 0 bridgehead atoms. The van der Waals surface area contributed by atoms with Crippen molar-refractivity contribution < 1.29 is 17.7 Å². The van der Waals surface area contributed by atoms with Crippen LogP contribution in [-0.2, 0) is 10.8 Å². The molecule has 366 valence electrons. The zero-order chi connectivity index (χ0) is 51.2. The molecule has 6 heteroatoms. The third-order valence-corrected chi connectivity index (χ3v) is 15.6. The normalized spacial score (nSPS) is 12.6. The molecule has 4 aromatic heterocycles. The smallest absolute Gasteiger partial charge is 0.159 e. The Kier molecular flexibility index (Phi) is 9.38. The highest BCUT2D eigenvalue weighted by Gasteiger charge is 2.31. The van der Waals surface area contributed by atoms with Gasteiger partial charge in [-0.15, -0.1) is 0 Å². The molecule has 6 nitrogen and oxygen atoms in total. The maximum atomic E-state index is 6.80. The van der Waals surface area contributed by atoms with Gasteiger partial charge in [0.2, 0.25) is 0 Å². The predicted molar refractivity (Wildman–Crippen MR) is 317 cm³/mol. The van der Waals surface area contributed by atoms with E-state index < -0.39 is 0 Å². The minimum Gasteiger partial charge on any atom is -0.456 e. The van der Waals surface area contributed by atoms with E-state index in [0.29, 0.717) is 0 Å². The standard InChI is InChI=1S/C70H52N2O4/c1-69(2,3)57-31-29-51-49-21-13-15-23-59(49)75-67(51)65(57)71(45-17-9-7-10-18-45)47-27-25-41-35-53-55-39-56-54-36-42-26-28-48(34-44(42)38-62(54)74-64(56)40-63(55)73-61(53)37-43(41)33-47)72(46-19-11-8-12-20-46)66-58(70(4,5)6)32-30-52-50-22-14-16-24-60(50)76-68(52)66/h7-40H,1-6H3. The number of nitrogens with zero attached hydrogens (tertiary/aromatic N) is 2. The van der Waals surface area contributed by atoms with E-state index in [1.165, 1.54) is 11.1 Å². The van der Waals surface area contributed by atoms with Gasteiger partial charge in [-0.05, 0) is 134 Å². The summed E-state index contributed by atoms with van der Waals surface area (Å²) < 4.78 is 27.2. The molecule has 0 unspecified atom stereocenters. The van der Waals surface area contributed by atoms with Crippen molar-refractivity contribution in [1.29, 1.82) is 0 Å². The molecule has 0 aliphatic rings. The van der Waals surface area contributed by atoms with Crippen LogP contribution in [0.5, 0.6) is 0 Å². The Morgan fingerprint density at radius 1 is 0.263 bits per heavy atom. The third-order valence-electron chi connectivity index (χ3n) is 15.6. The number of para-hydroxylation sites is 4. The van der Waals surface area contributed by atoms with Gasteiger partial charge in [0.1, 0.15) is 33.5 Å². The Bertz CT molecular complexity index is 4540. The molecular formula is C70H52N2O4. The van der Waals surface area contributed by atoms with Crippen molar-refractivity contribution in [2.45, 2.75) is 52.4 Å². The number of fused-ring (bicyclic) bond motifs is 14. The van der Waals surface area contributed by atoms with Gasteiger partial charge >= 0.3 is 0 Å². The number of furan rings is 4. The Balaban J connectivity index is 0.854. The van der Waals surface area contributed by atoms with Gasteiger partial charge in [0.05, 0.1) is 11.4 Å². The molecule has 0 N–H and O–H groups in total. The van der Waals surface area contributed by atoms with E-state index in [1.54, 1.807) is 0 Å². The molecule has 0 saturated heterocycles. The Morgan fingerprint density at radius 3 is 1.09 bits per heavy atom. The molecule has 15 rings (SSSR count). The van der Waals surface area contributed by atoms with Gasteiger partial charge in [0.25, 0.3) is 0 Å². The van der Waals surface area contributed by atoms with Crippen LogP contribution < -0.4 is 9.80 Å². The lowest BCUT2D eigenvalue weighted by molar-refractivity contribution is 0.588. The highest BCUT2D eigenvalue weighted by atomic mass is 16.3. The van der Waals surface area contributed by atoms with Crippen LogP contribution in [0.15, 0.2) is 224 Å². The summed E-state index contributed by atoms with van der Waals surface area (Å²) in [5.74, 6) is 0. The fraction of sp³-hybridized carbons (Fsp3) is 0.114. The summed E-state index contributed by atoms with van der Waals surface area (Å²) in [6.07, 6.45) is 0. The van der Waals surface area contributed by atoms with E-state index in [2.05, 4.69) is 245 Å². The number of rotatable bonds is 6. The van der Waals surface area contributed by atoms with Crippen molar-refractivity contribution in [3.8, 4) is 0 Å². The van der Waals surface area contributed by atoms with E-state index in [-0.39, 0.29) is 10.8 Å². The van der Waals surface area contributed by atoms with E-state index in [4.69, 9.17) is 17.7 Å². The summed E-state index contributed by atoms with van der Waals surface area (Å²) in [6.45, 7) is 13.6. The molecule has 0 amide bonds. The molecule has 0 radical (unpaired) electrons. The quantitative estimate of drug-likeness (QED) is 0.165. The van der Waals surface area contributed by atoms with Crippen LogP contribution >= 0.6 is 0 Å². The summed E-state index contributed by atoms with van der Waals surface area (Å²) >= 11 is 0. The first-order chi connectivity index (χ1) is 36.9. The van der Waals surface area contributed by atoms with E-state index in [1.807, 2.05) is 12.1 Å². The lowest BCUT2D eigenvalue weighted by Crippen LogP contribution is -2.19. The second kappa shape index (κ2) is 16.1. The van der Waals surface area contributed by atoms with Gasteiger partial charge < -0.3 is 27.5 Å². The van der Waals surface area contributed by atoms with Crippen LogP contribution in [-0.4, -0.2) is 0 Å². The molecule has 4 heterocycles. The van der Waals surface area contributed by atoms with Gasteiger partial charge in [-0.1, -0.05) is 151 Å². The van der Waals surface area contributed by atoms with Gasteiger partial charge in [-0.25, -0.2) is 0 Å². The van der Waals surface area contributed by atoms with Gasteiger partial charge in [-0.3, -0.25) is 0 Å². The minimum atomic E-state index is -0.178. The minimum absolute atomic E-state index is 0.178. The number of hydrogen-bond acceptors (Lipinski definition) is 6. The Hall–Kier alpha value is -9.26. The third kappa shape index (κ3) is 6.80. The van der Waals surface area contributed by atoms with Crippen LogP contribution in [0.2, 0.25) is 0 Å². The fourth-order valence-corrected chi connectivity index (χ4v) is 12.0. The summed E-state index contributed by atoms with van der Waals surface area (Å²) in [5.41, 5.74) is 15.0. The molecule has 0 fully saturated rings. The molecule has 0 aliphatic heterocycles. The van der Waals surface area contributed by atoms with Gasteiger partial charge in [0, 0.05) is 71.9 Å². The van der Waals surface area contributed by atoms with Crippen molar-refractivity contribution >= 4 is 143 Å². The summed E-state index contributed by atoms with van der Waals surface area (Å²) in [7, 11) is 0. The van der Waals surface area contributed by atoms with E-state index >= 15 is 0 Å². The summed E-state index contributed by atoms with van der Waals surface area (Å²) in [4.78, 5) is 4.73. The zero-order valence-corrected chi connectivity index (χ0v) is 43.2. The van der Waals surface area contributed by atoms with Crippen LogP contribution in [0.3, 0.4) is 0 Å². The first kappa shape index (κ1) is 44.2. The molecule has 0 atom stereocenters. The van der Waals surface area contributed by atoms with Crippen LogP contribution in [0.25, 0.3) is 109 Å². The molecule has 0 aliphatic carbocycles. The first-order valence-corrected chi connectivity index (χ1v) is 26.2. The van der Waals surface area contributed by atoms with Crippen molar-refractivity contribution in [2.75, 3.05) is 9.80 Å². The van der Waals surface area contributed by atoms with Crippen molar-refractivity contribution in [3.63, 3.8) is 0 Å². The summed E-state index contributed by atoms with van der Waals surface area (Å²) in [5, 5.41) is 13.0. The lowest BCUT2D eigenvalue weighted by atomic mass is 9.84. The molecule has 15 aromatic rings. The number of benzene rings is 11. The average molecular weight is 985 g/mol. The maximum absolute atomic E-state index is 6.80. The SMILES string of the molecule is CC(C)(C)c1ccc2c(oc3ccccc32)c1N(c1ccccc1)c1ccc2cc3c(cc2c1)oc1cc2oc4cc5cc(N(c6ccccc6)c6c(C(C)(C)C)ccc7c6oc6ccccc67)ccc5cc4c2cc13. The van der Waals surface area contributed by atoms with Crippen LogP contribution in [0.1, 0.15) is 52.7 Å². The maximum Gasteiger partial charge on any atom is 0.159 e. The second-order valence-corrected chi connectivity index (χ2v) is 22.5. The molecule has 76 heavy (non-hydrogen) atoms. The number of anilines is 6. The number of hydrogen-bond donors (Lipinski definition) is 0. The van der Waals surface area contributed by atoms with Gasteiger partial charge in [0.15, 0.2) is 11.2 Å². The second-order valence-electron chi connectivity index (χ2n) is 22.5. The zero-order valence-electron chi connectivity index (χ0n) is 43.2. The molecular weight excluding hydrogens is 933 g/mol. The molecule has 0 saturated carbocycles. The summed E-state index contributed by atoms with van der Waals surface area (Å²) in [6, 6.07) is 73.6. The van der Waals surface area contributed by atoms with Crippen molar-refractivity contribution in [3.05, 3.63) is 217 Å². The highest BCUT2D eigenvalue weighted by molar-refractivity contribution is 6.19. The van der Waals surface area contributed by atoms with Crippen LogP contribution in [0.4, 0.5) is 34.1 Å². The largest absolute Gasteiger partial charge is 0.456 e. The first-order valence-electron chi connectivity index (χ1n) is 26.2.